The molecule has 0 saturated heterocycles. The molecule has 0 fully saturated rings. The summed E-state index contributed by atoms with van der Waals surface area (Å²) in [5.74, 6) is 0. The van der Waals surface area contributed by atoms with Crippen molar-refractivity contribution in [2.75, 3.05) is 36.4 Å². The van der Waals surface area contributed by atoms with Gasteiger partial charge in [-0.3, -0.25) is 10.3 Å². The summed E-state index contributed by atoms with van der Waals surface area (Å²) in [4.78, 5) is 6.03. The first-order valence-corrected chi connectivity index (χ1v) is 12.2. The van der Waals surface area contributed by atoms with Crippen LogP contribution >= 0.6 is 31.9 Å². The molecule has 0 radical (unpaired) electrons. The average molecular weight is 465 g/mol. The Bertz CT molecular complexity index is 951. The lowest BCUT2D eigenvalue weighted by Gasteiger charge is -2.28. The minimum atomic E-state index is -1.07. The molecule has 0 aliphatic carbocycles. The van der Waals surface area contributed by atoms with Crippen LogP contribution in [-0.2, 0) is 13.9 Å². The normalized spacial score (nSPS) is 11.2. The van der Waals surface area contributed by atoms with Crippen molar-refractivity contribution in [1.82, 2.24) is 0 Å². The van der Waals surface area contributed by atoms with E-state index in [2.05, 4.69) is 52.2 Å². The molecule has 0 unspecified atom stereocenters. The zero-order valence-corrected chi connectivity index (χ0v) is 19.8. The van der Waals surface area contributed by atoms with E-state index in [1.807, 2.05) is 32.0 Å². The smallest absolute Gasteiger partial charge is 0.192 e. The number of hydrogen-bond donors (Lipinski definition) is 1. The summed E-state index contributed by atoms with van der Waals surface area (Å²) < 4.78 is 14.0. The standard InChI is InChI=1S/C22H26ClN2O3PS/c1-4-27-29(28-5-2)16-25(22-12-8-10-17-9-6-7-11-21(17)22)30-20-14-18(23)13-19(15-20)24-26-3/h6-15,24H,4-5,16H2,1-3H3. The summed E-state index contributed by atoms with van der Waals surface area (Å²) in [5, 5.41) is 2.99. The van der Waals surface area contributed by atoms with E-state index in [0.29, 0.717) is 24.5 Å². The Kier molecular flexibility index (Phi) is 9.06. The van der Waals surface area contributed by atoms with Crippen LogP contribution in [-0.4, -0.2) is 26.6 Å². The van der Waals surface area contributed by atoms with E-state index >= 15 is 0 Å². The summed E-state index contributed by atoms with van der Waals surface area (Å²) in [6.07, 6.45) is 0.620. The predicted octanol–water partition coefficient (Wildman–Crippen LogP) is 7.32. The third kappa shape index (κ3) is 6.24. The van der Waals surface area contributed by atoms with Crippen molar-refractivity contribution in [3.63, 3.8) is 0 Å². The minimum absolute atomic E-state index is 0.610. The van der Waals surface area contributed by atoms with Gasteiger partial charge in [-0.2, -0.15) is 0 Å². The van der Waals surface area contributed by atoms with E-state index in [0.717, 1.165) is 16.3 Å². The van der Waals surface area contributed by atoms with Crippen molar-refractivity contribution in [2.45, 2.75) is 18.7 Å². The maximum absolute atomic E-state index is 6.34. The molecule has 0 heterocycles. The Morgan fingerprint density at radius 1 is 1.00 bits per heavy atom. The molecule has 0 aliphatic heterocycles. The van der Waals surface area contributed by atoms with Crippen LogP contribution in [0.3, 0.4) is 0 Å². The Morgan fingerprint density at radius 3 is 2.47 bits per heavy atom. The van der Waals surface area contributed by atoms with Gasteiger partial charge in [0.25, 0.3) is 0 Å². The second kappa shape index (κ2) is 11.8. The topological polar surface area (TPSA) is 43.0 Å². The second-order valence-electron chi connectivity index (χ2n) is 6.26. The maximum Gasteiger partial charge on any atom is 0.192 e. The quantitative estimate of drug-likeness (QED) is 0.182. The molecule has 1 N–H and O–H groups in total. The third-order valence-electron chi connectivity index (χ3n) is 4.13. The van der Waals surface area contributed by atoms with Gasteiger partial charge in [-0.1, -0.05) is 48.0 Å². The van der Waals surface area contributed by atoms with E-state index < -0.39 is 8.38 Å². The number of benzene rings is 3. The lowest BCUT2D eigenvalue weighted by Crippen LogP contribution is -2.17. The molecule has 30 heavy (non-hydrogen) atoms. The number of nitrogens with zero attached hydrogens (tertiary/aromatic N) is 1. The van der Waals surface area contributed by atoms with E-state index in [4.69, 9.17) is 25.5 Å². The molecule has 0 amide bonds. The van der Waals surface area contributed by atoms with Gasteiger partial charge in [-0.15, -0.1) is 0 Å². The Hall–Kier alpha value is -1.53. The van der Waals surface area contributed by atoms with Crippen molar-refractivity contribution in [1.29, 1.82) is 0 Å². The Labute approximate surface area is 188 Å². The minimum Gasteiger partial charge on any atom is -0.333 e. The van der Waals surface area contributed by atoms with Crippen LogP contribution in [0.5, 0.6) is 0 Å². The fraction of sp³-hybridized carbons (Fsp3) is 0.273. The van der Waals surface area contributed by atoms with Crippen molar-refractivity contribution >= 4 is 54.1 Å². The van der Waals surface area contributed by atoms with Gasteiger partial charge in [0.05, 0.1) is 38.0 Å². The van der Waals surface area contributed by atoms with Crippen molar-refractivity contribution in [3.8, 4) is 0 Å². The number of anilines is 2. The van der Waals surface area contributed by atoms with Crippen LogP contribution in [0, 0.1) is 0 Å². The molecule has 8 heteroatoms. The predicted molar refractivity (Wildman–Crippen MR) is 129 cm³/mol. The monoisotopic (exact) mass is 464 g/mol. The highest BCUT2D eigenvalue weighted by Crippen LogP contribution is 2.45. The van der Waals surface area contributed by atoms with Crippen LogP contribution < -0.4 is 9.79 Å². The lowest BCUT2D eigenvalue weighted by atomic mass is 10.1. The molecule has 3 aromatic rings. The molecular formula is C22H26ClN2O3PS. The number of fused-ring (bicyclic) bond motifs is 1. The molecule has 0 spiro atoms. The van der Waals surface area contributed by atoms with E-state index in [1.165, 1.54) is 10.8 Å². The fourth-order valence-corrected chi connectivity index (χ4v) is 5.87. The van der Waals surface area contributed by atoms with Gasteiger partial charge in [0, 0.05) is 15.3 Å². The van der Waals surface area contributed by atoms with Crippen LogP contribution in [0.1, 0.15) is 13.8 Å². The summed E-state index contributed by atoms with van der Waals surface area (Å²) in [5.41, 5.74) is 4.75. The van der Waals surface area contributed by atoms with Crippen molar-refractivity contribution < 1.29 is 13.9 Å². The van der Waals surface area contributed by atoms with Gasteiger partial charge in [0.15, 0.2) is 8.38 Å². The van der Waals surface area contributed by atoms with Crippen LogP contribution in [0.15, 0.2) is 65.6 Å². The molecule has 0 atom stereocenters. The highest BCUT2D eigenvalue weighted by atomic mass is 35.5. The van der Waals surface area contributed by atoms with Gasteiger partial charge in [-0.05, 0) is 55.4 Å². The summed E-state index contributed by atoms with van der Waals surface area (Å²) in [6.45, 7) is 5.20. The van der Waals surface area contributed by atoms with Crippen LogP contribution in [0.2, 0.25) is 5.02 Å². The molecule has 0 aromatic heterocycles. The zero-order valence-electron chi connectivity index (χ0n) is 17.3. The summed E-state index contributed by atoms with van der Waals surface area (Å²) in [7, 11) is 0.511. The molecule has 3 rings (SSSR count). The first-order chi connectivity index (χ1) is 14.6. The van der Waals surface area contributed by atoms with E-state index in [-0.39, 0.29) is 0 Å². The largest absolute Gasteiger partial charge is 0.333 e. The van der Waals surface area contributed by atoms with E-state index in [9.17, 15) is 0 Å². The zero-order chi connectivity index (χ0) is 21.3. The molecule has 3 aromatic carbocycles. The Balaban J connectivity index is 1.99. The maximum atomic E-state index is 6.34. The van der Waals surface area contributed by atoms with Gasteiger partial charge >= 0.3 is 0 Å². The number of hydrogen-bond acceptors (Lipinski definition) is 6. The van der Waals surface area contributed by atoms with E-state index in [1.54, 1.807) is 19.1 Å². The average Bonchev–Trinajstić information content (AvgIpc) is 2.73. The number of nitrogens with one attached hydrogen (secondary N) is 1. The SMILES string of the molecule is CCOP(CN(Sc1cc(Cl)cc(NOC)c1)c1cccc2ccccc12)OCC. The van der Waals surface area contributed by atoms with Crippen LogP contribution in [0.4, 0.5) is 11.4 Å². The molecular weight excluding hydrogens is 439 g/mol. The molecule has 0 saturated carbocycles. The van der Waals surface area contributed by atoms with Gasteiger partial charge < -0.3 is 13.4 Å². The number of halogens is 1. The fourth-order valence-electron chi connectivity index (χ4n) is 3.01. The highest BCUT2D eigenvalue weighted by Gasteiger charge is 2.20. The molecule has 5 nitrogen and oxygen atoms in total. The third-order valence-corrected chi connectivity index (χ3v) is 7.14. The molecule has 0 aliphatic rings. The summed E-state index contributed by atoms with van der Waals surface area (Å²) in [6, 6.07) is 20.5. The second-order valence-corrected chi connectivity index (χ2v) is 9.26. The number of rotatable bonds is 11. The van der Waals surface area contributed by atoms with Crippen LogP contribution in [0.25, 0.3) is 10.8 Å². The van der Waals surface area contributed by atoms with Gasteiger partial charge in [0.1, 0.15) is 0 Å². The molecule has 0 bridgehead atoms. The first kappa shape index (κ1) is 23.1. The summed E-state index contributed by atoms with van der Waals surface area (Å²) >= 11 is 7.94. The van der Waals surface area contributed by atoms with Gasteiger partial charge in [0.2, 0.25) is 0 Å². The lowest BCUT2D eigenvalue weighted by molar-refractivity contribution is 0.270. The first-order valence-electron chi connectivity index (χ1n) is 9.70. The van der Waals surface area contributed by atoms with Crippen molar-refractivity contribution in [3.05, 3.63) is 65.7 Å². The molecule has 160 valence electrons. The Morgan fingerprint density at radius 2 is 1.73 bits per heavy atom. The van der Waals surface area contributed by atoms with Crippen molar-refractivity contribution in [2.24, 2.45) is 0 Å². The van der Waals surface area contributed by atoms with Gasteiger partial charge in [-0.25, -0.2) is 0 Å². The highest BCUT2D eigenvalue weighted by molar-refractivity contribution is 8.01.